The first kappa shape index (κ1) is 20.4. The van der Waals surface area contributed by atoms with E-state index in [2.05, 4.69) is 25.9 Å². The smallest absolute Gasteiger partial charge is 0.236 e. The van der Waals surface area contributed by atoms with E-state index in [1.54, 1.807) is 11.1 Å². The van der Waals surface area contributed by atoms with E-state index in [1.807, 2.05) is 38.1 Å². The van der Waals surface area contributed by atoms with Crippen LogP contribution in [0.3, 0.4) is 0 Å². The molecule has 1 aromatic heterocycles. The first-order chi connectivity index (χ1) is 12.8. The van der Waals surface area contributed by atoms with Crippen molar-refractivity contribution in [1.82, 2.24) is 14.9 Å². The van der Waals surface area contributed by atoms with Gasteiger partial charge in [0.25, 0.3) is 0 Å². The molecule has 0 unspecified atom stereocenters. The number of benzene rings is 1. The molecule has 1 aliphatic heterocycles. The van der Waals surface area contributed by atoms with Crippen molar-refractivity contribution in [1.29, 1.82) is 0 Å². The Labute approximate surface area is 172 Å². The van der Waals surface area contributed by atoms with Crippen LogP contribution in [-0.4, -0.2) is 58.5 Å². The summed E-state index contributed by atoms with van der Waals surface area (Å²) in [7, 11) is -3.02. The lowest BCUT2D eigenvalue weighted by Gasteiger charge is -2.29. The molecule has 1 aromatic carbocycles. The molecule has 2 heterocycles. The zero-order chi connectivity index (χ0) is 19.6. The van der Waals surface area contributed by atoms with Gasteiger partial charge in [-0.15, -0.1) is 0 Å². The molecule has 2 atom stereocenters. The molecule has 0 saturated carbocycles. The topological polar surface area (TPSA) is 83.1 Å². The lowest BCUT2D eigenvalue weighted by molar-refractivity contribution is -0.131. The summed E-state index contributed by atoms with van der Waals surface area (Å²) in [5, 5.41) is 0.320. The molecule has 1 fully saturated rings. The molecule has 146 valence electrons. The van der Waals surface area contributed by atoms with E-state index in [0.29, 0.717) is 18.1 Å². The number of nitrogens with one attached hydrogen (secondary N) is 1. The number of aromatic nitrogens is 2. The van der Waals surface area contributed by atoms with Gasteiger partial charge in [0.1, 0.15) is 0 Å². The first-order valence-electron chi connectivity index (χ1n) is 8.77. The Kier molecular flexibility index (Phi) is 6.32. The van der Waals surface area contributed by atoms with Crippen molar-refractivity contribution in [2.75, 3.05) is 18.1 Å². The molecular formula is C18H22BrN3O3S2. The molecule has 9 heteroatoms. The molecule has 27 heavy (non-hydrogen) atoms. The zero-order valence-corrected chi connectivity index (χ0v) is 18.4. The predicted octanol–water partition coefficient (Wildman–Crippen LogP) is 3.36. The summed E-state index contributed by atoms with van der Waals surface area (Å²) in [6.07, 6.45) is 2.28. The van der Waals surface area contributed by atoms with Crippen LogP contribution >= 0.6 is 27.7 Å². The maximum atomic E-state index is 12.9. The average molecular weight is 472 g/mol. The van der Waals surface area contributed by atoms with Crippen molar-refractivity contribution in [2.45, 2.75) is 36.7 Å². The highest BCUT2D eigenvalue weighted by atomic mass is 79.9. The zero-order valence-electron chi connectivity index (χ0n) is 15.2. The van der Waals surface area contributed by atoms with E-state index in [-0.39, 0.29) is 28.7 Å². The molecule has 0 spiro atoms. The number of rotatable bonds is 6. The number of thioether (sulfide) groups is 1. The van der Waals surface area contributed by atoms with Gasteiger partial charge in [-0.2, -0.15) is 0 Å². The molecule has 6 nitrogen and oxygen atoms in total. The third-order valence-corrected chi connectivity index (χ3v) is 7.88. The largest absolute Gasteiger partial charge is 0.338 e. The number of hydrogen-bond acceptors (Lipinski definition) is 5. The van der Waals surface area contributed by atoms with Crippen LogP contribution in [0.25, 0.3) is 11.3 Å². The van der Waals surface area contributed by atoms with Gasteiger partial charge in [-0.3, -0.25) is 4.79 Å². The maximum absolute atomic E-state index is 12.9. The first-order valence-corrected chi connectivity index (χ1v) is 12.3. The Bertz CT molecular complexity index is 912. The van der Waals surface area contributed by atoms with Crippen molar-refractivity contribution < 1.29 is 13.2 Å². The van der Waals surface area contributed by atoms with E-state index in [1.165, 1.54) is 11.8 Å². The number of amides is 1. The van der Waals surface area contributed by atoms with Gasteiger partial charge in [-0.1, -0.05) is 39.8 Å². The quantitative estimate of drug-likeness (QED) is 0.652. The Morgan fingerprint density at radius 1 is 1.41 bits per heavy atom. The van der Waals surface area contributed by atoms with Crippen molar-refractivity contribution in [3.05, 3.63) is 34.9 Å². The molecule has 3 rings (SSSR count). The monoisotopic (exact) mass is 471 g/mol. The van der Waals surface area contributed by atoms with Gasteiger partial charge >= 0.3 is 0 Å². The molecule has 1 saturated heterocycles. The number of imidazole rings is 1. The Morgan fingerprint density at radius 2 is 2.11 bits per heavy atom. The second kappa shape index (κ2) is 8.36. The number of hydrogen-bond donors (Lipinski definition) is 1. The average Bonchev–Trinajstić information content (AvgIpc) is 3.22. The maximum Gasteiger partial charge on any atom is 0.236 e. The minimum absolute atomic E-state index is 0.0498. The summed E-state index contributed by atoms with van der Waals surface area (Å²) in [5.41, 5.74) is 1.90. The number of halogens is 1. The highest BCUT2D eigenvalue weighted by Gasteiger charge is 2.35. The van der Waals surface area contributed by atoms with Crippen molar-refractivity contribution in [3.63, 3.8) is 0 Å². The predicted molar refractivity (Wildman–Crippen MR) is 111 cm³/mol. The Morgan fingerprint density at radius 3 is 2.70 bits per heavy atom. The summed E-state index contributed by atoms with van der Waals surface area (Å²) in [5.74, 6) is 0.182. The van der Waals surface area contributed by atoms with E-state index in [0.717, 1.165) is 15.7 Å². The minimum atomic E-state index is -3.02. The number of aromatic amines is 1. The van der Waals surface area contributed by atoms with Crippen LogP contribution in [0, 0.1) is 0 Å². The Balaban J connectivity index is 1.66. The second-order valence-electron chi connectivity index (χ2n) is 6.55. The SMILES string of the molecule is CCN(C(=O)[C@H](C)Sc1ncc(-c2ccc(Br)cc2)[nH]1)[C@H]1CCS(=O)(=O)C1. The second-order valence-corrected chi connectivity index (χ2v) is 11.0. The van der Waals surface area contributed by atoms with Crippen LogP contribution in [0.15, 0.2) is 40.1 Å². The molecule has 1 N–H and O–H groups in total. The lowest BCUT2D eigenvalue weighted by atomic mass is 10.2. The van der Waals surface area contributed by atoms with E-state index < -0.39 is 9.84 Å². The molecule has 1 amide bonds. The van der Waals surface area contributed by atoms with Gasteiger partial charge in [0.15, 0.2) is 15.0 Å². The normalized spacial score (nSPS) is 19.7. The molecule has 2 aromatic rings. The summed E-state index contributed by atoms with van der Waals surface area (Å²) in [6.45, 7) is 4.23. The summed E-state index contributed by atoms with van der Waals surface area (Å²) in [4.78, 5) is 22.2. The fraction of sp³-hybridized carbons (Fsp3) is 0.444. The van der Waals surface area contributed by atoms with E-state index in [9.17, 15) is 13.2 Å². The summed E-state index contributed by atoms with van der Waals surface area (Å²) >= 11 is 4.77. The number of carbonyl (C=O) groups is 1. The highest BCUT2D eigenvalue weighted by molar-refractivity contribution is 9.10. The standard InChI is InChI=1S/C18H22BrN3O3S2/c1-3-22(15-8-9-27(24,25)11-15)17(23)12(2)26-18-20-10-16(21-18)13-4-6-14(19)7-5-13/h4-7,10,12,15H,3,8-9,11H2,1-2H3,(H,20,21)/t12-,15-/m0/s1. The van der Waals surface area contributed by atoms with Crippen LogP contribution < -0.4 is 0 Å². The lowest BCUT2D eigenvalue weighted by Crippen LogP contribution is -2.44. The number of nitrogens with zero attached hydrogens (tertiary/aromatic N) is 2. The van der Waals surface area contributed by atoms with Crippen LogP contribution in [0.2, 0.25) is 0 Å². The number of sulfone groups is 1. The fourth-order valence-corrected chi connectivity index (χ4v) is 6.05. The molecule has 0 bridgehead atoms. The Hall–Kier alpha value is -1.32. The van der Waals surface area contributed by atoms with Gasteiger partial charge in [0, 0.05) is 17.1 Å². The third kappa shape index (κ3) is 4.94. The highest BCUT2D eigenvalue weighted by Crippen LogP contribution is 2.27. The van der Waals surface area contributed by atoms with Gasteiger partial charge in [0.2, 0.25) is 5.91 Å². The van der Waals surface area contributed by atoms with Crippen LogP contribution in [0.5, 0.6) is 0 Å². The van der Waals surface area contributed by atoms with Crippen molar-refractivity contribution in [3.8, 4) is 11.3 Å². The molecular weight excluding hydrogens is 450 g/mol. The van der Waals surface area contributed by atoms with Crippen LogP contribution in [0.4, 0.5) is 0 Å². The van der Waals surface area contributed by atoms with Crippen LogP contribution in [-0.2, 0) is 14.6 Å². The van der Waals surface area contributed by atoms with E-state index in [4.69, 9.17) is 0 Å². The third-order valence-electron chi connectivity index (χ3n) is 4.62. The minimum Gasteiger partial charge on any atom is -0.338 e. The van der Waals surface area contributed by atoms with Crippen LogP contribution in [0.1, 0.15) is 20.3 Å². The van der Waals surface area contributed by atoms with Gasteiger partial charge < -0.3 is 9.88 Å². The molecule has 0 aliphatic carbocycles. The van der Waals surface area contributed by atoms with Gasteiger partial charge in [-0.25, -0.2) is 13.4 Å². The van der Waals surface area contributed by atoms with Crippen molar-refractivity contribution in [2.24, 2.45) is 0 Å². The fourth-order valence-electron chi connectivity index (χ4n) is 3.21. The number of carbonyl (C=O) groups excluding carboxylic acids is 1. The molecule has 1 aliphatic rings. The summed E-state index contributed by atoms with van der Waals surface area (Å²) < 4.78 is 24.5. The number of H-pyrrole nitrogens is 1. The van der Waals surface area contributed by atoms with Gasteiger partial charge in [-0.05, 0) is 38.0 Å². The van der Waals surface area contributed by atoms with Crippen molar-refractivity contribution >= 4 is 43.4 Å². The molecule has 0 radical (unpaired) electrons. The van der Waals surface area contributed by atoms with Gasteiger partial charge in [0.05, 0.1) is 28.6 Å². The summed E-state index contributed by atoms with van der Waals surface area (Å²) in [6, 6.07) is 7.68. The van der Waals surface area contributed by atoms with E-state index >= 15 is 0 Å².